The fraction of sp³-hybridized carbons (Fsp3) is 0.111. The summed E-state index contributed by atoms with van der Waals surface area (Å²) in [6.45, 7) is 0. The molecule has 0 fully saturated rings. The molecule has 0 aromatic heterocycles. The van der Waals surface area contributed by atoms with E-state index in [1.165, 1.54) is 12.1 Å². The van der Waals surface area contributed by atoms with Crippen molar-refractivity contribution in [3.8, 4) is 0 Å². The standard InChI is InChI=1S/C9H10ClN3O3S.ClH/c1-17(15,16)5-2-3-7(10)6(4-5)8(14)13-9(11)12;/h2-4H,1H3,(H4,11,12,13,14);1H. The van der Waals surface area contributed by atoms with Crippen molar-refractivity contribution in [3.05, 3.63) is 28.8 Å². The normalized spacial score (nSPS) is 10.3. The number of sulfone groups is 1. The second-order valence-corrected chi connectivity index (χ2v) is 5.68. The first-order chi connectivity index (χ1) is 7.71. The summed E-state index contributed by atoms with van der Waals surface area (Å²) in [6.07, 6.45) is 1.02. The van der Waals surface area contributed by atoms with Crippen LogP contribution in [0.4, 0.5) is 0 Å². The van der Waals surface area contributed by atoms with Crippen LogP contribution in [0.25, 0.3) is 0 Å². The monoisotopic (exact) mass is 311 g/mol. The Kier molecular flexibility index (Phi) is 5.59. The summed E-state index contributed by atoms with van der Waals surface area (Å²) in [5.41, 5.74) is 10.0. The van der Waals surface area contributed by atoms with Crippen LogP contribution >= 0.6 is 24.0 Å². The predicted octanol–water partition coefficient (Wildman–Crippen LogP) is 0.579. The number of nitrogens with zero attached hydrogens (tertiary/aromatic N) is 1. The topological polar surface area (TPSA) is 116 Å². The van der Waals surface area contributed by atoms with Gasteiger partial charge >= 0.3 is 0 Å². The number of halogens is 2. The van der Waals surface area contributed by atoms with E-state index in [1.54, 1.807) is 0 Å². The first kappa shape index (κ1) is 16.7. The highest BCUT2D eigenvalue weighted by Gasteiger charge is 2.15. The van der Waals surface area contributed by atoms with E-state index in [1.807, 2.05) is 0 Å². The summed E-state index contributed by atoms with van der Waals surface area (Å²) in [5.74, 6) is -1.21. The Morgan fingerprint density at radius 3 is 2.33 bits per heavy atom. The van der Waals surface area contributed by atoms with Crippen molar-refractivity contribution >= 4 is 45.7 Å². The van der Waals surface area contributed by atoms with Crippen LogP contribution in [-0.2, 0) is 9.84 Å². The van der Waals surface area contributed by atoms with E-state index in [2.05, 4.69) is 4.99 Å². The van der Waals surface area contributed by atoms with Crippen molar-refractivity contribution in [2.75, 3.05) is 6.26 Å². The van der Waals surface area contributed by atoms with Gasteiger partial charge in [0.2, 0.25) is 0 Å². The Morgan fingerprint density at radius 1 is 1.33 bits per heavy atom. The van der Waals surface area contributed by atoms with E-state index in [4.69, 9.17) is 23.1 Å². The average molecular weight is 312 g/mol. The van der Waals surface area contributed by atoms with Crippen LogP contribution in [0.15, 0.2) is 28.1 Å². The molecule has 1 aromatic carbocycles. The van der Waals surface area contributed by atoms with Crippen LogP contribution in [0.1, 0.15) is 10.4 Å². The van der Waals surface area contributed by atoms with E-state index < -0.39 is 21.7 Å². The minimum atomic E-state index is -3.43. The summed E-state index contributed by atoms with van der Waals surface area (Å²) < 4.78 is 22.6. The predicted molar refractivity (Wildman–Crippen MR) is 72.0 cm³/mol. The Labute approximate surface area is 115 Å². The van der Waals surface area contributed by atoms with Crippen LogP contribution in [0, 0.1) is 0 Å². The van der Waals surface area contributed by atoms with Gasteiger partial charge in [-0.2, -0.15) is 4.99 Å². The zero-order valence-corrected chi connectivity index (χ0v) is 11.6. The smallest absolute Gasteiger partial charge is 0.281 e. The molecule has 4 N–H and O–H groups in total. The molecular formula is C9H11Cl2N3O3S. The van der Waals surface area contributed by atoms with Crippen molar-refractivity contribution in [2.45, 2.75) is 4.90 Å². The van der Waals surface area contributed by atoms with Crippen molar-refractivity contribution in [1.82, 2.24) is 0 Å². The SMILES string of the molecule is CS(=O)(=O)c1ccc(Cl)c(C(=O)N=C(N)N)c1.Cl. The molecule has 0 aliphatic carbocycles. The molecule has 0 spiro atoms. The van der Waals surface area contributed by atoms with Gasteiger partial charge in [-0.25, -0.2) is 8.42 Å². The molecule has 0 radical (unpaired) electrons. The Hall–Kier alpha value is -1.31. The zero-order valence-electron chi connectivity index (χ0n) is 9.25. The first-order valence-electron chi connectivity index (χ1n) is 4.35. The lowest BCUT2D eigenvalue weighted by Gasteiger charge is -2.03. The molecule has 0 unspecified atom stereocenters. The third kappa shape index (κ3) is 4.17. The highest BCUT2D eigenvalue weighted by Crippen LogP contribution is 2.21. The van der Waals surface area contributed by atoms with Crippen molar-refractivity contribution in [1.29, 1.82) is 0 Å². The van der Waals surface area contributed by atoms with Crippen LogP contribution in [0.2, 0.25) is 5.02 Å². The Balaban J connectivity index is 0.00000289. The number of guanidine groups is 1. The molecule has 1 amide bonds. The number of amides is 1. The molecule has 0 atom stereocenters. The summed E-state index contributed by atoms with van der Waals surface area (Å²) in [4.78, 5) is 14.8. The maximum Gasteiger partial charge on any atom is 0.281 e. The third-order valence-corrected chi connectivity index (χ3v) is 3.27. The minimum Gasteiger partial charge on any atom is -0.370 e. The molecule has 0 saturated carbocycles. The van der Waals surface area contributed by atoms with Crippen LogP contribution < -0.4 is 11.5 Å². The highest BCUT2D eigenvalue weighted by molar-refractivity contribution is 7.90. The molecule has 18 heavy (non-hydrogen) atoms. The minimum absolute atomic E-state index is 0. The number of rotatable bonds is 2. The van der Waals surface area contributed by atoms with E-state index >= 15 is 0 Å². The summed E-state index contributed by atoms with van der Waals surface area (Å²) in [5, 5.41) is 0.0763. The molecule has 9 heteroatoms. The van der Waals surface area contributed by atoms with Gasteiger partial charge in [-0.3, -0.25) is 4.79 Å². The Morgan fingerprint density at radius 2 is 1.89 bits per heavy atom. The van der Waals surface area contributed by atoms with Crippen molar-refractivity contribution in [3.63, 3.8) is 0 Å². The second-order valence-electron chi connectivity index (χ2n) is 3.26. The Bertz CT molecular complexity index is 595. The van der Waals surface area contributed by atoms with Gasteiger partial charge in [0, 0.05) is 6.26 Å². The van der Waals surface area contributed by atoms with E-state index in [0.717, 1.165) is 12.3 Å². The van der Waals surface area contributed by atoms with Gasteiger partial charge in [0.05, 0.1) is 15.5 Å². The lowest BCUT2D eigenvalue weighted by Crippen LogP contribution is -2.24. The molecule has 1 rings (SSSR count). The summed E-state index contributed by atoms with van der Waals surface area (Å²) in [6, 6.07) is 3.73. The molecule has 0 bridgehead atoms. The maximum atomic E-state index is 11.5. The van der Waals surface area contributed by atoms with Crippen LogP contribution in [0.3, 0.4) is 0 Å². The fourth-order valence-corrected chi connectivity index (χ4v) is 1.92. The summed E-state index contributed by atoms with van der Waals surface area (Å²) >= 11 is 5.76. The number of benzene rings is 1. The van der Waals surface area contributed by atoms with Gasteiger partial charge in [0.1, 0.15) is 0 Å². The van der Waals surface area contributed by atoms with Gasteiger partial charge in [-0.15, -0.1) is 12.4 Å². The van der Waals surface area contributed by atoms with Crippen molar-refractivity contribution in [2.24, 2.45) is 16.5 Å². The van der Waals surface area contributed by atoms with Crippen LogP contribution in [-0.4, -0.2) is 26.5 Å². The lowest BCUT2D eigenvalue weighted by molar-refractivity contribution is 0.100. The second kappa shape index (κ2) is 6.03. The maximum absolute atomic E-state index is 11.5. The molecule has 0 saturated heterocycles. The molecule has 0 aliphatic heterocycles. The van der Waals surface area contributed by atoms with E-state index in [9.17, 15) is 13.2 Å². The first-order valence-corrected chi connectivity index (χ1v) is 6.62. The molecule has 100 valence electrons. The number of nitrogens with two attached hydrogens (primary N) is 2. The quantitative estimate of drug-likeness (QED) is 0.612. The average Bonchev–Trinajstić information content (AvgIpc) is 2.15. The highest BCUT2D eigenvalue weighted by atomic mass is 35.5. The molecule has 6 nitrogen and oxygen atoms in total. The molecule has 1 aromatic rings. The number of hydrogen-bond acceptors (Lipinski definition) is 3. The molecule has 0 aliphatic rings. The molecular weight excluding hydrogens is 301 g/mol. The fourth-order valence-electron chi connectivity index (χ4n) is 1.08. The summed E-state index contributed by atoms with van der Waals surface area (Å²) in [7, 11) is -3.43. The largest absolute Gasteiger partial charge is 0.370 e. The zero-order chi connectivity index (χ0) is 13.2. The van der Waals surface area contributed by atoms with Gasteiger partial charge in [0.25, 0.3) is 5.91 Å². The molecule has 0 heterocycles. The van der Waals surface area contributed by atoms with Gasteiger partial charge < -0.3 is 11.5 Å². The third-order valence-electron chi connectivity index (χ3n) is 1.83. The van der Waals surface area contributed by atoms with Gasteiger partial charge in [-0.05, 0) is 18.2 Å². The van der Waals surface area contributed by atoms with E-state index in [0.29, 0.717) is 0 Å². The number of aliphatic imine (C=N–C) groups is 1. The number of carbonyl (C=O) groups is 1. The van der Waals surface area contributed by atoms with E-state index in [-0.39, 0.29) is 27.9 Å². The lowest BCUT2D eigenvalue weighted by atomic mass is 10.2. The van der Waals surface area contributed by atoms with Gasteiger partial charge in [-0.1, -0.05) is 11.6 Å². The van der Waals surface area contributed by atoms with Crippen LogP contribution in [0.5, 0.6) is 0 Å². The number of carbonyl (C=O) groups excluding carboxylic acids is 1. The number of hydrogen-bond donors (Lipinski definition) is 2. The van der Waals surface area contributed by atoms with Gasteiger partial charge in [0.15, 0.2) is 15.8 Å². The van der Waals surface area contributed by atoms with Crippen molar-refractivity contribution < 1.29 is 13.2 Å².